The lowest BCUT2D eigenvalue weighted by molar-refractivity contribution is -0.137. The number of pyridine rings is 1. The van der Waals surface area contributed by atoms with Crippen molar-refractivity contribution in [3.63, 3.8) is 0 Å². The lowest BCUT2D eigenvalue weighted by Crippen LogP contribution is -2.26. The van der Waals surface area contributed by atoms with Crippen molar-refractivity contribution < 1.29 is 22.8 Å². The average Bonchev–Trinajstić information content (AvgIpc) is 3.02. The van der Waals surface area contributed by atoms with Gasteiger partial charge in [0, 0.05) is 39.5 Å². The van der Waals surface area contributed by atoms with Crippen LogP contribution in [0.3, 0.4) is 0 Å². The Labute approximate surface area is 163 Å². The van der Waals surface area contributed by atoms with Gasteiger partial charge in [0.15, 0.2) is 0 Å². The minimum Gasteiger partial charge on any atom is -0.368 e. The molecule has 2 amide bonds. The van der Waals surface area contributed by atoms with Gasteiger partial charge in [-0.15, -0.1) is 0 Å². The first-order chi connectivity index (χ1) is 13.1. The van der Waals surface area contributed by atoms with Crippen molar-refractivity contribution in [3.8, 4) is 0 Å². The van der Waals surface area contributed by atoms with Crippen molar-refractivity contribution >= 4 is 34.9 Å². The van der Waals surface area contributed by atoms with Gasteiger partial charge in [-0.3, -0.25) is 14.3 Å². The number of amides is 2. The fourth-order valence-electron chi connectivity index (χ4n) is 2.04. The highest BCUT2D eigenvalue weighted by atomic mass is 35.5. The molecule has 0 bridgehead atoms. The molecule has 0 atom stereocenters. The SMILES string of the molecule is CN(C)C(=O)Cn1cc(NC(=O)CCNc2ncc(C(F)(F)F)cc2Cl)cn1. The highest BCUT2D eigenvalue weighted by Gasteiger charge is 2.31. The molecule has 2 aromatic heterocycles. The summed E-state index contributed by atoms with van der Waals surface area (Å²) in [6, 6.07) is 0.764. The Hall–Kier alpha value is -2.82. The fraction of sp³-hybridized carbons (Fsp3) is 0.375. The molecule has 0 spiro atoms. The van der Waals surface area contributed by atoms with E-state index in [-0.39, 0.29) is 42.2 Å². The molecule has 0 saturated carbocycles. The van der Waals surface area contributed by atoms with Gasteiger partial charge in [-0.05, 0) is 6.07 Å². The molecular weight excluding hydrogens is 401 g/mol. The highest BCUT2D eigenvalue weighted by Crippen LogP contribution is 2.32. The number of carbonyl (C=O) groups excluding carboxylic acids is 2. The number of nitrogens with one attached hydrogen (secondary N) is 2. The van der Waals surface area contributed by atoms with Crippen LogP contribution < -0.4 is 10.6 Å². The van der Waals surface area contributed by atoms with Crippen molar-refractivity contribution in [2.24, 2.45) is 0 Å². The molecule has 152 valence electrons. The maximum atomic E-state index is 12.6. The van der Waals surface area contributed by atoms with Gasteiger partial charge in [0.1, 0.15) is 12.4 Å². The van der Waals surface area contributed by atoms with Crippen LogP contribution in [0.4, 0.5) is 24.7 Å². The number of nitrogens with zero attached hydrogens (tertiary/aromatic N) is 4. The standard InChI is InChI=1S/C16H18ClF3N6O2/c1-25(2)14(28)9-26-8-11(7-23-26)24-13(27)3-4-21-15-12(17)5-10(6-22-15)16(18,19)20/h5-8H,3-4,9H2,1-2H3,(H,21,22)(H,24,27). The first kappa shape index (κ1) is 21.5. The zero-order chi connectivity index (χ0) is 20.9. The first-order valence-electron chi connectivity index (χ1n) is 8.05. The molecule has 8 nitrogen and oxygen atoms in total. The number of hydrogen-bond acceptors (Lipinski definition) is 5. The van der Waals surface area contributed by atoms with E-state index >= 15 is 0 Å². The second-order valence-corrected chi connectivity index (χ2v) is 6.40. The Morgan fingerprint density at radius 3 is 2.61 bits per heavy atom. The third-order valence-electron chi connectivity index (χ3n) is 3.53. The summed E-state index contributed by atoms with van der Waals surface area (Å²) < 4.78 is 39.1. The normalized spacial score (nSPS) is 11.2. The first-order valence-corrected chi connectivity index (χ1v) is 8.43. The molecule has 0 radical (unpaired) electrons. The van der Waals surface area contributed by atoms with Crippen molar-refractivity contribution in [2.75, 3.05) is 31.3 Å². The maximum absolute atomic E-state index is 12.6. The lowest BCUT2D eigenvalue weighted by atomic mass is 10.2. The Morgan fingerprint density at radius 2 is 2.00 bits per heavy atom. The van der Waals surface area contributed by atoms with Gasteiger partial charge in [0.2, 0.25) is 11.8 Å². The molecule has 0 aliphatic heterocycles. The number of carbonyl (C=O) groups is 2. The number of hydrogen-bond donors (Lipinski definition) is 2. The highest BCUT2D eigenvalue weighted by molar-refractivity contribution is 6.33. The van der Waals surface area contributed by atoms with Crippen LogP contribution in [0.15, 0.2) is 24.7 Å². The second kappa shape index (κ2) is 8.91. The maximum Gasteiger partial charge on any atom is 0.417 e. The fourth-order valence-corrected chi connectivity index (χ4v) is 2.27. The summed E-state index contributed by atoms with van der Waals surface area (Å²) in [4.78, 5) is 28.6. The van der Waals surface area contributed by atoms with Crippen LogP contribution in [-0.2, 0) is 22.3 Å². The van der Waals surface area contributed by atoms with Crippen LogP contribution in [0.1, 0.15) is 12.0 Å². The molecule has 12 heteroatoms. The summed E-state index contributed by atoms with van der Waals surface area (Å²) in [6.07, 6.45) is -0.932. The predicted molar refractivity (Wildman–Crippen MR) is 96.9 cm³/mol. The molecule has 2 heterocycles. The molecular formula is C16H18ClF3N6O2. The van der Waals surface area contributed by atoms with E-state index in [9.17, 15) is 22.8 Å². The molecule has 0 saturated heterocycles. The molecule has 2 rings (SSSR count). The Morgan fingerprint density at radius 1 is 1.29 bits per heavy atom. The smallest absolute Gasteiger partial charge is 0.368 e. The van der Waals surface area contributed by atoms with Gasteiger partial charge in [-0.25, -0.2) is 4.98 Å². The quantitative estimate of drug-likeness (QED) is 0.720. The zero-order valence-electron chi connectivity index (χ0n) is 15.0. The Balaban J connectivity index is 1.82. The van der Waals surface area contributed by atoms with Crippen LogP contribution in [0.2, 0.25) is 5.02 Å². The minimum absolute atomic E-state index is 0.0147. The molecule has 2 aromatic rings. The summed E-state index contributed by atoms with van der Waals surface area (Å²) in [5.74, 6) is -0.447. The van der Waals surface area contributed by atoms with Gasteiger partial charge < -0.3 is 15.5 Å². The van der Waals surface area contributed by atoms with E-state index in [1.54, 1.807) is 14.1 Å². The molecule has 0 aliphatic rings. The van der Waals surface area contributed by atoms with Gasteiger partial charge in [0.25, 0.3) is 0 Å². The van der Waals surface area contributed by atoms with E-state index in [1.165, 1.54) is 22.0 Å². The number of alkyl halides is 3. The van der Waals surface area contributed by atoms with E-state index in [4.69, 9.17) is 11.6 Å². The van der Waals surface area contributed by atoms with E-state index in [0.717, 1.165) is 6.07 Å². The van der Waals surface area contributed by atoms with Gasteiger partial charge in [-0.1, -0.05) is 11.6 Å². The van der Waals surface area contributed by atoms with Crippen molar-refractivity contribution in [3.05, 3.63) is 35.2 Å². The third kappa shape index (κ3) is 6.12. The van der Waals surface area contributed by atoms with Gasteiger partial charge in [-0.2, -0.15) is 18.3 Å². The topological polar surface area (TPSA) is 92.2 Å². The number of aromatic nitrogens is 3. The van der Waals surface area contributed by atoms with Crippen molar-refractivity contribution in [2.45, 2.75) is 19.1 Å². The molecule has 0 unspecified atom stereocenters. The van der Waals surface area contributed by atoms with Gasteiger partial charge >= 0.3 is 6.18 Å². The average molecular weight is 419 g/mol. The van der Waals surface area contributed by atoms with E-state index in [0.29, 0.717) is 11.9 Å². The van der Waals surface area contributed by atoms with Crippen LogP contribution >= 0.6 is 11.6 Å². The molecule has 28 heavy (non-hydrogen) atoms. The third-order valence-corrected chi connectivity index (χ3v) is 3.81. The van der Waals surface area contributed by atoms with Crippen molar-refractivity contribution in [1.29, 1.82) is 0 Å². The molecule has 0 aromatic carbocycles. The number of anilines is 2. The van der Waals surface area contributed by atoms with Crippen LogP contribution in [0.5, 0.6) is 0 Å². The summed E-state index contributed by atoms with van der Waals surface area (Å²) in [5, 5.41) is 9.10. The van der Waals surface area contributed by atoms with E-state index < -0.39 is 11.7 Å². The lowest BCUT2D eigenvalue weighted by Gasteiger charge is -2.10. The summed E-state index contributed by atoms with van der Waals surface area (Å²) in [5.41, 5.74) is -0.534. The Bertz CT molecular complexity index is 853. The number of halogens is 4. The van der Waals surface area contributed by atoms with Crippen LogP contribution in [0, 0.1) is 0 Å². The molecule has 2 N–H and O–H groups in total. The van der Waals surface area contributed by atoms with Crippen LogP contribution in [-0.4, -0.2) is 52.1 Å². The van der Waals surface area contributed by atoms with Crippen LogP contribution in [0.25, 0.3) is 0 Å². The monoisotopic (exact) mass is 418 g/mol. The largest absolute Gasteiger partial charge is 0.417 e. The summed E-state index contributed by atoms with van der Waals surface area (Å²) in [6.45, 7) is 0.152. The zero-order valence-corrected chi connectivity index (χ0v) is 15.8. The van der Waals surface area contributed by atoms with Crippen molar-refractivity contribution in [1.82, 2.24) is 19.7 Å². The molecule has 0 fully saturated rings. The number of likely N-dealkylation sites (N-methyl/N-ethyl adjacent to an activating group) is 1. The molecule has 0 aliphatic carbocycles. The van der Waals surface area contributed by atoms with E-state index in [1.807, 2.05) is 0 Å². The number of rotatable bonds is 7. The Kier molecular flexibility index (Phi) is 6.84. The minimum atomic E-state index is -4.53. The second-order valence-electron chi connectivity index (χ2n) is 5.99. The summed E-state index contributed by atoms with van der Waals surface area (Å²) >= 11 is 5.78. The predicted octanol–water partition coefficient (Wildman–Crippen LogP) is 2.48. The van der Waals surface area contributed by atoms with E-state index in [2.05, 4.69) is 20.7 Å². The van der Waals surface area contributed by atoms with Gasteiger partial charge in [0.05, 0.1) is 22.5 Å². The summed E-state index contributed by atoms with van der Waals surface area (Å²) in [7, 11) is 3.25.